The van der Waals surface area contributed by atoms with Crippen molar-refractivity contribution in [2.45, 2.75) is 20.5 Å². The Morgan fingerprint density at radius 2 is 1.97 bits per heavy atom. The standard InChI is InChI=1S/C22H22N8O4/c1-13(16-9-10-17(18(11-16)32-3)33-12-15-7-5-4-6-8-15)24-26-22(31)19-14(2)25-29-30(19)21-20(23)27-34-28-21/h4-11H,12H2,1-3H3,(H2,23,27)(H,26,31)/b24-13-. The summed E-state index contributed by atoms with van der Waals surface area (Å²) in [6.45, 7) is 3.78. The van der Waals surface area contributed by atoms with Gasteiger partial charge in [-0.3, -0.25) is 4.79 Å². The van der Waals surface area contributed by atoms with Gasteiger partial charge in [0.25, 0.3) is 5.91 Å². The van der Waals surface area contributed by atoms with Crippen molar-refractivity contribution in [3.63, 3.8) is 0 Å². The van der Waals surface area contributed by atoms with Crippen LogP contribution in [-0.2, 0) is 6.61 Å². The topological polar surface area (TPSA) is 156 Å². The van der Waals surface area contributed by atoms with E-state index in [9.17, 15) is 4.79 Å². The normalized spacial score (nSPS) is 11.3. The number of hydrogen-bond acceptors (Lipinski definition) is 10. The first-order valence-electron chi connectivity index (χ1n) is 10.2. The molecular formula is C22H22N8O4. The van der Waals surface area contributed by atoms with E-state index in [0.717, 1.165) is 15.8 Å². The van der Waals surface area contributed by atoms with Crippen LogP contribution in [0.1, 0.15) is 34.2 Å². The molecule has 0 radical (unpaired) electrons. The number of aryl methyl sites for hydroxylation is 1. The van der Waals surface area contributed by atoms with E-state index in [4.69, 9.17) is 15.2 Å². The Labute approximate surface area is 194 Å². The molecule has 34 heavy (non-hydrogen) atoms. The Balaban J connectivity index is 1.49. The van der Waals surface area contributed by atoms with E-state index in [1.807, 2.05) is 36.4 Å². The molecule has 12 heteroatoms. The number of anilines is 1. The van der Waals surface area contributed by atoms with Gasteiger partial charge in [0, 0.05) is 5.56 Å². The molecule has 0 atom stereocenters. The minimum Gasteiger partial charge on any atom is -0.493 e. The highest BCUT2D eigenvalue weighted by Crippen LogP contribution is 2.29. The summed E-state index contributed by atoms with van der Waals surface area (Å²) in [4.78, 5) is 12.8. The van der Waals surface area contributed by atoms with Gasteiger partial charge in [-0.1, -0.05) is 35.5 Å². The highest BCUT2D eigenvalue weighted by atomic mass is 16.6. The van der Waals surface area contributed by atoms with Crippen molar-refractivity contribution in [1.82, 2.24) is 30.7 Å². The van der Waals surface area contributed by atoms with E-state index < -0.39 is 5.91 Å². The Morgan fingerprint density at radius 1 is 1.18 bits per heavy atom. The molecule has 0 saturated heterocycles. The van der Waals surface area contributed by atoms with Crippen LogP contribution in [0.2, 0.25) is 0 Å². The maximum Gasteiger partial charge on any atom is 0.292 e. The SMILES string of the molecule is COc1cc(/C(C)=N\NC(=O)c2c(C)nnn2-c2nonc2N)ccc1OCc1ccccc1. The fraction of sp³-hybridized carbons (Fsp3) is 0.182. The molecule has 0 spiro atoms. The zero-order valence-electron chi connectivity index (χ0n) is 18.7. The number of nitrogens with zero attached hydrogens (tertiary/aromatic N) is 6. The minimum absolute atomic E-state index is 0.0275. The summed E-state index contributed by atoms with van der Waals surface area (Å²) in [5, 5.41) is 19.1. The third-order valence-electron chi connectivity index (χ3n) is 4.89. The van der Waals surface area contributed by atoms with Crippen LogP contribution in [0.15, 0.2) is 58.3 Å². The van der Waals surface area contributed by atoms with Gasteiger partial charge < -0.3 is 15.2 Å². The molecule has 1 amide bonds. The largest absolute Gasteiger partial charge is 0.493 e. The third kappa shape index (κ3) is 4.70. The highest BCUT2D eigenvalue weighted by Gasteiger charge is 2.23. The van der Waals surface area contributed by atoms with Gasteiger partial charge in [-0.25, -0.2) is 10.1 Å². The van der Waals surface area contributed by atoms with E-state index in [2.05, 4.69) is 35.8 Å². The third-order valence-corrected chi connectivity index (χ3v) is 4.89. The Kier molecular flexibility index (Phi) is 6.48. The monoisotopic (exact) mass is 462 g/mol. The summed E-state index contributed by atoms with van der Waals surface area (Å²) in [6, 6.07) is 15.2. The molecule has 4 aromatic rings. The zero-order valence-corrected chi connectivity index (χ0v) is 18.7. The first-order valence-corrected chi connectivity index (χ1v) is 10.2. The number of amides is 1. The van der Waals surface area contributed by atoms with Gasteiger partial charge in [-0.15, -0.1) is 5.10 Å². The number of carbonyl (C=O) groups is 1. The molecule has 2 aromatic heterocycles. The molecule has 0 saturated carbocycles. The first kappa shape index (κ1) is 22.5. The van der Waals surface area contributed by atoms with Gasteiger partial charge in [-0.2, -0.15) is 9.78 Å². The zero-order chi connectivity index (χ0) is 24.1. The number of carbonyl (C=O) groups excluding carboxylic acids is 1. The Morgan fingerprint density at radius 3 is 2.68 bits per heavy atom. The smallest absolute Gasteiger partial charge is 0.292 e. The van der Waals surface area contributed by atoms with Crippen LogP contribution in [0.5, 0.6) is 11.5 Å². The minimum atomic E-state index is -0.556. The van der Waals surface area contributed by atoms with Crippen molar-refractivity contribution in [3.8, 4) is 17.3 Å². The second kappa shape index (κ2) is 9.81. The fourth-order valence-corrected chi connectivity index (χ4v) is 3.10. The van der Waals surface area contributed by atoms with Crippen LogP contribution in [0, 0.1) is 6.92 Å². The number of nitrogens with two attached hydrogens (primary N) is 1. The lowest BCUT2D eigenvalue weighted by Crippen LogP contribution is -2.24. The van der Waals surface area contributed by atoms with Gasteiger partial charge in [0.1, 0.15) is 6.61 Å². The molecule has 2 aromatic carbocycles. The number of rotatable bonds is 8. The van der Waals surface area contributed by atoms with E-state index in [1.165, 1.54) is 0 Å². The van der Waals surface area contributed by atoms with Crippen LogP contribution in [0.4, 0.5) is 5.82 Å². The maximum atomic E-state index is 12.8. The van der Waals surface area contributed by atoms with Crippen molar-refractivity contribution in [2.75, 3.05) is 12.8 Å². The van der Waals surface area contributed by atoms with Crippen LogP contribution in [0.25, 0.3) is 5.82 Å². The number of ether oxygens (including phenoxy) is 2. The van der Waals surface area contributed by atoms with Crippen molar-refractivity contribution in [3.05, 3.63) is 71.0 Å². The summed E-state index contributed by atoms with van der Waals surface area (Å²) in [7, 11) is 1.56. The molecule has 0 fully saturated rings. The molecule has 2 heterocycles. The summed E-state index contributed by atoms with van der Waals surface area (Å²) < 4.78 is 17.1. The van der Waals surface area contributed by atoms with E-state index in [-0.39, 0.29) is 17.3 Å². The average molecular weight is 462 g/mol. The van der Waals surface area contributed by atoms with Gasteiger partial charge in [-0.05, 0) is 47.9 Å². The Hall–Kier alpha value is -4.74. The second-order valence-electron chi connectivity index (χ2n) is 7.19. The molecule has 3 N–H and O–H groups in total. The molecule has 0 aliphatic carbocycles. The van der Waals surface area contributed by atoms with Crippen LogP contribution in [0.3, 0.4) is 0 Å². The van der Waals surface area contributed by atoms with Crippen molar-refractivity contribution in [1.29, 1.82) is 0 Å². The number of methoxy groups -OCH3 is 1. The van der Waals surface area contributed by atoms with Gasteiger partial charge in [0.15, 0.2) is 17.2 Å². The van der Waals surface area contributed by atoms with Crippen LogP contribution >= 0.6 is 0 Å². The van der Waals surface area contributed by atoms with E-state index >= 15 is 0 Å². The van der Waals surface area contributed by atoms with Gasteiger partial charge in [0.05, 0.1) is 18.5 Å². The average Bonchev–Trinajstić information content (AvgIpc) is 3.46. The predicted molar refractivity (Wildman–Crippen MR) is 122 cm³/mol. The van der Waals surface area contributed by atoms with Gasteiger partial charge >= 0.3 is 0 Å². The second-order valence-corrected chi connectivity index (χ2v) is 7.19. The summed E-state index contributed by atoms with van der Waals surface area (Å²) >= 11 is 0. The molecule has 0 bridgehead atoms. The summed E-state index contributed by atoms with van der Waals surface area (Å²) in [5.74, 6) is 0.611. The molecule has 174 valence electrons. The number of nitrogens with one attached hydrogen (secondary N) is 1. The quantitative estimate of drug-likeness (QED) is 0.296. The maximum absolute atomic E-state index is 12.8. The molecule has 0 aliphatic rings. The van der Waals surface area contributed by atoms with Crippen molar-refractivity contribution in [2.24, 2.45) is 5.10 Å². The van der Waals surface area contributed by atoms with E-state index in [1.54, 1.807) is 33.1 Å². The highest BCUT2D eigenvalue weighted by molar-refractivity contribution is 6.01. The lowest BCUT2D eigenvalue weighted by Gasteiger charge is -2.12. The summed E-state index contributed by atoms with van der Waals surface area (Å²) in [5.41, 5.74) is 11.0. The molecular weight excluding hydrogens is 440 g/mol. The fourth-order valence-electron chi connectivity index (χ4n) is 3.10. The number of hydrogen-bond donors (Lipinski definition) is 2. The number of hydrazone groups is 1. The van der Waals surface area contributed by atoms with Crippen molar-refractivity contribution >= 4 is 17.4 Å². The van der Waals surface area contributed by atoms with Crippen molar-refractivity contribution < 1.29 is 18.9 Å². The predicted octanol–water partition coefficient (Wildman–Crippen LogP) is 2.28. The lowest BCUT2D eigenvalue weighted by atomic mass is 10.1. The van der Waals surface area contributed by atoms with E-state index in [0.29, 0.717) is 29.5 Å². The molecule has 12 nitrogen and oxygen atoms in total. The van der Waals surface area contributed by atoms with Crippen LogP contribution < -0.4 is 20.6 Å². The number of aromatic nitrogens is 5. The van der Waals surface area contributed by atoms with Gasteiger partial charge in [0.2, 0.25) is 11.6 Å². The van der Waals surface area contributed by atoms with Crippen LogP contribution in [-0.4, -0.2) is 44.0 Å². The molecule has 4 rings (SSSR count). The Bertz CT molecular complexity index is 1330. The first-order chi connectivity index (χ1) is 16.5. The molecule has 0 aliphatic heterocycles. The lowest BCUT2D eigenvalue weighted by molar-refractivity contribution is 0.0946. The molecule has 0 unspecified atom stereocenters. The number of nitrogen functional groups attached to an aromatic ring is 1. The summed E-state index contributed by atoms with van der Waals surface area (Å²) in [6.07, 6.45) is 0. The number of benzene rings is 2.